The average molecular weight is 341 g/mol. The van der Waals surface area contributed by atoms with E-state index in [4.69, 9.17) is 0 Å². The molecule has 0 saturated carbocycles. The second-order valence-electron chi connectivity index (χ2n) is 5.76. The van der Waals surface area contributed by atoms with E-state index in [1.165, 1.54) is 4.57 Å². The molecule has 0 radical (unpaired) electrons. The van der Waals surface area contributed by atoms with Crippen molar-refractivity contribution >= 4 is 23.1 Å². The molecule has 0 aliphatic rings. The molecular weight excluding hydrogens is 326 g/mol. The van der Waals surface area contributed by atoms with Gasteiger partial charge in [0.1, 0.15) is 11.6 Å². The molecule has 0 aliphatic carbocycles. The van der Waals surface area contributed by atoms with Crippen LogP contribution in [0.2, 0.25) is 0 Å². The number of benzene rings is 2. The van der Waals surface area contributed by atoms with E-state index >= 15 is 0 Å². The van der Waals surface area contributed by atoms with Gasteiger partial charge in [-0.05, 0) is 48.0 Å². The van der Waals surface area contributed by atoms with Crippen molar-refractivity contribution in [3.63, 3.8) is 0 Å². The number of hydrogen-bond donors (Lipinski definition) is 1. The summed E-state index contributed by atoms with van der Waals surface area (Å²) in [5.41, 5.74) is 1.95. The zero-order valence-corrected chi connectivity index (χ0v) is 13.8. The Balaban J connectivity index is 1.97. The molecule has 4 rings (SSSR count). The maximum Gasteiger partial charge on any atom is 0.266 e. The van der Waals surface area contributed by atoms with Crippen molar-refractivity contribution in [2.75, 3.05) is 0 Å². The summed E-state index contributed by atoms with van der Waals surface area (Å²) in [5, 5.41) is 10.3. The molecule has 0 unspecified atom stereocenters. The lowest BCUT2D eigenvalue weighted by Crippen LogP contribution is -2.22. The Hall–Kier alpha value is -3.73. The maximum absolute atomic E-state index is 13.1. The quantitative estimate of drug-likeness (QED) is 0.617. The molecular formula is C21H15N3O2. The molecule has 5 nitrogen and oxygen atoms in total. The summed E-state index contributed by atoms with van der Waals surface area (Å²) in [4.78, 5) is 21.7. The molecule has 0 bridgehead atoms. The van der Waals surface area contributed by atoms with E-state index in [-0.39, 0.29) is 11.3 Å². The van der Waals surface area contributed by atoms with E-state index < -0.39 is 0 Å². The Labute approximate surface area is 149 Å². The highest BCUT2D eigenvalue weighted by Crippen LogP contribution is 2.18. The first-order chi connectivity index (χ1) is 12.7. The Morgan fingerprint density at radius 3 is 2.54 bits per heavy atom. The predicted octanol–water partition coefficient (Wildman–Crippen LogP) is 3.66. The van der Waals surface area contributed by atoms with Crippen LogP contribution in [-0.4, -0.2) is 19.6 Å². The van der Waals surface area contributed by atoms with Gasteiger partial charge in [-0.2, -0.15) is 0 Å². The number of fused-ring (bicyclic) bond motifs is 1. The highest BCUT2D eigenvalue weighted by Gasteiger charge is 2.11. The van der Waals surface area contributed by atoms with Gasteiger partial charge >= 0.3 is 0 Å². The van der Waals surface area contributed by atoms with Crippen LogP contribution in [-0.2, 0) is 0 Å². The minimum absolute atomic E-state index is 0.0895. The van der Waals surface area contributed by atoms with Crippen molar-refractivity contribution in [2.24, 2.45) is 0 Å². The lowest BCUT2D eigenvalue weighted by Gasteiger charge is -2.11. The van der Waals surface area contributed by atoms with Crippen molar-refractivity contribution in [1.82, 2.24) is 14.5 Å². The fourth-order valence-corrected chi connectivity index (χ4v) is 2.79. The number of pyridine rings is 1. The summed E-state index contributed by atoms with van der Waals surface area (Å²) in [6.07, 6.45) is 7.07. The highest BCUT2D eigenvalue weighted by molar-refractivity contribution is 5.80. The molecule has 0 saturated heterocycles. The van der Waals surface area contributed by atoms with Gasteiger partial charge in [0.25, 0.3) is 5.56 Å². The van der Waals surface area contributed by atoms with Gasteiger partial charge in [0.05, 0.1) is 16.6 Å². The van der Waals surface area contributed by atoms with Crippen LogP contribution in [0.15, 0.2) is 77.9 Å². The Bertz CT molecular complexity index is 1160. The van der Waals surface area contributed by atoms with Crippen molar-refractivity contribution in [3.05, 3.63) is 94.8 Å². The van der Waals surface area contributed by atoms with Gasteiger partial charge in [-0.1, -0.05) is 24.3 Å². The zero-order valence-electron chi connectivity index (χ0n) is 13.8. The van der Waals surface area contributed by atoms with Crippen LogP contribution in [0.5, 0.6) is 5.75 Å². The fraction of sp³-hybridized carbons (Fsp3) is 0. The fourth-order valence-electron chi connectivity index (χ4n) is 2.79. The molecule has 2 heterocycles. The molecule has 0 aliphatic heterocycles. The van der Waals surface area contributed by atoms with Crippen LogP contribution in [0.3, 0.4) is 0 Å². The third-order valence-corrected chi connectivity index (χ3v) is 4.02. The van der Waals surface area contributed by atoms with E-state index in [1.54, 1.807) is 48.8 Å². The molecule has 2 aromatic carbocycles. The molecule has 26 heavy (non-hydrogen) atoms. The lowest BCUT2D eigenvalue weighted by molar-refractivity contribution is 0.475. The number of aromatic nitrogens is 3. The number of phenols is 1. The molecule has 1 N–H and O–H groups in total. The van der Waals surface area contributed by atoms with Crippen LogP contribution in [0.25, 0.3) is 28.7 Å². The standard InChI is InChI=1S/C21H15N3O2/c25-17-5-3-4-16(14-17)24-20(9-8-15-10-12-22-13-11-15)23-19-7-2-1-6-18(19)21(24)26/h1-14,25H/b9-8+. The van der Waals surface area contributed by atoms with Gasteiger partial charge in [-0.25, -0.2) is 4.98 Å². The maximum atomic E-state index is 13.1. The van der Waals surface area contributed by atoms with E-state index in [0.29, 0.717) is 22.4 Å². The molecule has 5 heteroatoms. The Morgan fingerprint density at radius 1 is 0.923 bits per heavy atom. The van der Waals surface area contributed by atoms with Gasteiger partial charge in [0.15, 0.2) is 0 Å². The number of nitrogens with zero attached hydrogens (tertiary/aromatic N) is 3. The van der Waals surface area contributed by atoms with Crippen LogP contribution in [0.1, 0.15) is 11.4 Å². The topological polar surface area (TPSA) is 68.0 Å². The third-order valence-electron chi connectivity index (χ3n) is 4.02. The van der Waals surface area contributed by atoms with Gasteiger partial charge in [0.2, 0.25) is 0 Å². The molecule has 0 atom stereocenters. The molecule has 2 aromatic heterocycles. The monoisotopic (exact) mass is 341 g/mol. The summed E-state index contributed by atoms with van der Waals surface area (Å²) in [6, 6.07) is 17.5. The van der Waals surface area contributed by atoms with Crippen LogP contribution >= 0.6 is 0 Å². The SMILES string of the molecule is O=c1c2ccccc2nc(/C=C/c2ccncc2)n1-c1cccc(O)c1. The number of phenolic OH excluding ortho intramolecular Hbond substituents is 1. The Kier molecular flexibility index (Phi) is 4.03. The first-order valence-corrected chi connectivity index (χ1v) is 8.12. The minimum Gasteiger partial charge on any atom is -0.508 e. The van der Waals surface area contributed by atoms with Crippen LogP contribution in [0, 0.1) is 0 Å². The number of para-hydroxylation sites is 1. The smallest absolute Gasteiger partial charge is 0.266 e. The van der Waals surface area contributed by atoms with E-state index in [2.05, 4.69) is 9.97 Å². The summed E-state index contributed by atoms with van der Waals surface area (Å²) in [6.45, 7) is 0. The molecule has 0 amide bonds. The summed E-state index contributed by atoms with van der Waals surface area (Å²) < 4.78 is 1.50. The molecule has 0 fully saturated rings. The summed E-state index contributed by atoms with van der Waals surface area (Å²) in [7, 11) is 0. The molecule has 126 valence electrons. The first kappa shape index (κ1) is 15.8. The van der Waals surface area contributed by atoms with Crippen LogP contribution in [0.4, 0.5) is 0 Å². The van der Waals surface area contributed by atoms with E-state index in [1.807, 2.05) is 36.4 Å². The van der Waals surface area contributed by atoms with E-state index in [0.717, 1.165) is 5.56 Å². The van der Waals surface area contributed by atoms with E-state index in [9.17, 15) is 9.90 Å². The zero-order chi connectivity index (χ0) is 17.9. The molecule has 4 aromatic rings. The third kappa shape index (κ3) is 2.98. The minimum atomic E-state index is -0.185. The largest absolute Gasteiger partial charge is 0.508 e. The normalized spacial score (nSPS) is 11.2. The van der Waals surface area contributed by atoms with Gasteiger partial charge < -0.3 is 5.11 Å². The first-order valence-electron chi connectivity index (χ1n) is 8.12. The van der Waals surface area contributed by atoms with Crippen LogP contribution < -0.4 is 5.56 Å². The van der Waals surface area contributed by atoms with Crippen molar-refractivity contribution in [3.8, 4) is 11.4 Å². The molecule has 0 spiro atoms. The summed E-state index contributed by atoms with van der Waals surface area (Å²) >= 11 is 0. The summed E-state index contributed by atoms with van der Waals surface area (Å²) in [5.74, 6) is 0.572. The average Bonchev–Trinajstić information content (AvgIpc) is 2.67. The second-order valence-corrected chi connectivity index (χ2v) is 5.76. The van der Waals surface area contributed by atoms with Crippen molar-refractivity contribution < 1.29 is 5.11 Å². The van der Waals surface area contributed by atoms with Gasteiger partial charge in [0, 0.05) is 18.5 Å². The van der Waals surface area contributed by atoms with Gasteiger partial charge in [-0.3, -0.25) is 14.3 Å². The number of rotatable bonds is 3. The number of hydrogen-bond acceptors (Lipinski definition) is 4. The van der Waals surface area contributed by atoms with Crippen molar-refractivity contribution in [2.45, 2.75) is 0 Å². The van der Waals surface area contributed by atoms with Gasteiger partial charge in [-0.15, -0.1) is 0 Å². The highest BCUT2D eigenvalue weighted by atomic mass is 16.3. The lowest BCUT2D eigenvalue weighted by atomic mass is 10.2. The number of aromatic hydroxyl groups is 1. The second kappa shape index (κ2) is 6.64. The Morgan fingerprint density at radius 2 is 1.73 bits per heavy atom. The van der Waals surface area contributed by atoms with Crippen molar-refractivity contribution in [1.29, 1.82) is 0 Å². The predicted molar refractivity (Wildman–Crippen MR) is 102 cm³/mol.